The van der Waals surface area contributed by atoms with Gasteiger partial charge in [0.15, 0.2) is 0 Å². The van der Waals surface area contributed by atoms with Crippen molar-refractivity contribution in [3.8, 4) is 0 Å². The van der Waals surface area contributed by atoms with E-state index < -0.39 is 17.5 Å². The number of halogens is 3. The van der Waals surface area contributed by atoms with Crippen LogP contribution in [0.5, 0.6) is 0 Å². The molecule has 0 bridgehead atoms. The van der Waals surface area contributed by atoms with Crippen LogP contribution in [0.25, 0.3) is 6.08 Å². The standard InChI is InChI=1S/C11H11ClF2N2O/c1-16-8-3-2-7(12)4-6(8)5-9(16)11(13,14)10(15)17/h4-5H,2-3H2,1H3,(H2,15,17). The second-order valence-corrected chi connectivity index (χ2v) is 4.51. The van der Waals surface area contributed by atoms with E-state index in [9.17, 15) is 13.6 Å². The lowest BCUT2D eigenvalue weighted by Gasteiger charge is -2.15. The van der Waals surface area contributed by atoms with E-state index in [2.05, 4.69) is 0 Å². The summed E-state index contributed by atoms with van der Waals surface area (Å²) in [5.74, 6) is -5.31. The minimum atomic E-state index is -3.66. The Bertz CT molecular complexity index is 520. The van der Waals surface area contributed by atoms with Gasteiger partial charge in [0.1, 0.15) is 0 Å². The van der Waals surface area contributed by atoms with Crippen LogP contribution in [0.3, 0.4) is 0 Å². The summed E-state index contributed by atoms with van der Waals surface area (Å²) in [5, 5.41) is 0.622. The summed E-state index contributed by atoms with van der Waals surface area (Å²) in [6.07, 6.45) is 2.84. The molecule has 0 saturated heterocycles. The molecule has 3 nitrogen and oxygen atoms in total. The van der Waals surface area contributed by atoms with Crippen LogP contribution >= 0.6 is 11.6 Å². The summed E-state index contributed by atoms with van der Waals surface area (Å²) in [7, 11) is 1.50. The van der Waals surface area contributed by atoms with E-state index in [-0.39, 0.29) is 0 Å². The number of nitrogens with zero attached hydrogens (tertiary/aromatic N) is 1. The first-order chi connectivity index (χ1) is 7.84. The van der Waals surface area contributed by atoms with Crippen LogP contribution < -0.4 is 5.73 Å². The van der Waals surface area contributed by atoms with Gasteiger partial charge in [-0.1, -0.05) is 11.6 Å². The Hall–Kier alpha value is -1.36. The lowest BCUT2D eigenvalue weighted by atomic mass is 10.0. The zero-order valence-electron chi connectivity index (χ0n) is 9.14. The van der Waals surface area contributed by atoms with Gasteiger partial charge in [0, 0.05) is 17.8 Å². The topological polar surface area (TPSA) is 48.0 Å². The number of carbonyl (C=O) groups excluding carboxylic acids is 1. The van der Waals surface area contributed by atoms with E-state index in [1.807, 2.05) is 0 Å². The summed E-state index contributed by atoms with van der Waals surface area (Å²) in [6.45, 7) is 0. The third kappa shape index (κ3) is 1.84. The number of hydrogen-bond donors (Lipinski definition) is 1. The van der Waals surface area contributed by atoms with E-state index in [4.69, 9.17) is 17.3 Å². The van der Waals surface area contributed by atoms with E-state index in [0.717, 1.165) is 5.69 Å². The average Bonchev–Trinajstić information content (AvgIpc) is 2.55. The van der Waals surface area contributed by atoms with Crippen molar-refractivity contribution in [3.63, 3.8) is 0 Å². The van der Waals surface area contributed by atoms with E-state index in [0.29, 0.717) is 23.4 Å². The molecule has 0 unspecified atom stereocenters. The number of fused-ring (bicyclic) bond motifs is 1. The molecule has 0 saturated carbocycles. The monoisotopic (exact) mass is 260 g/mol. The van der Waals surface area contributed by atoms with Gasteiger partial charge >= 0.3 is 5.92 Å². The molecular weight excluding hydrogens is 250 g/mol. The van der Waals surface area contributed by atoms with E-state index >= 15 is 0 Å². The Morgan fingerprint density at radius 2 is 2.18 bits per heavy atom. The first kappa shape index (κ1) is 12.1. The minimum absolute atomic E-state index is 0.391. The number of allylic oxidation sites excluding steroid dienone is 1. The van der Waals surface area contributed by atoms with Crippen molar-refractivity contribution >= 4 is 23.6 Å². The molecule has 0 fully saturated rings. The van der Waals surface area contributed by atoms with Gasteiger partial charge in [-0.05, 0) is 30.5 Å². The minimum Gasteiger partial charge on any atom is -0.364 e. The highest BCUT2D eigenvalue weighted by Gasteiger charge is 2.42. The molecule has 0 spiro atoms. The molecule has 1 aliphatic carbocycles. The van der Waals surface area contributed by atoms with Crippen LogP contribution in [0.2, 0.25) is 0 Å². The maximum atomic E-state index is 13.6. The van der Waals surface area contributed by atoms with Gasteiger partial charge in [0.2, 0.25) is 0 Å². The fourth-order valence-electron chi connectivity index (χ4n) is 2.01. The molecule has 0 radical (unpaired) electrons. The van der Waals surface area contributed by atoms with Gasteiger partial charge < -0.3 is 10.3 Å². The first-order valence-corrected chi connectivity index (χ1v) is 5.44. The second kappa shape index (κ2) is 3.84. The van der Waals surface area contributed by atoms with Crippen LogP contribution in [0.1, 0.15) is 23.4 Å². The summed E-state index contributed by atoms with van der Waals surface area (Å²) in [4.78, 5) is 10.8. The Kier molecular flexibility index (Phi) is 2.73. The first-order valence-electron chi connectivity index (χ1n) is 5.07. The van der Waals surface area contributed by atoms with Crippen LogP contribution in [0.15, 0.2) is 11.1 Å². The van der Waals surface area contributed by atoms with Gasteiger partial charge in [0.25, 0.3) is 5.91 Å². The SMILES string of the molecule is Cn1c(C(F)(F)C(N)=O)cc2c1CCC(Cl)=C2. The van der Waals surface area contributed by atoms with Crippen molar-refractivity contribution in [2.45, 2.75) is 18.8 Å². The van der Waals surface area contributed by atoms with Crippen LogP contribution in [0, 0.1) is 0 Å². The highest BCUT2D eigenvalue weighted by Crippen LogP contribution is 2.35. The van der Waals surface area contributed by atoms with Crippen LogP contribution in [-0.4, -0.2) is 10.5 Å². The number of primary amides is 1. The zero-order chi connectivity index (χ0) is 12.8. The van der Waals surface area contributed by atoms with Gasteiger partial charge in [-0.3, -0.25) is 4.79 Å². The molecule has 1 aliphatic rings. The molecule has 0 aliphatic heterocycles. The predicted molar refractivity (Wildman–Crippen MR) is 60.7 cm³/mol. The fourth-order valence-corrected chi connectivity index (χ4v) is 2.22. The molecule has 1 heterocycles. The molecule has 2 N–H and O–H groups in total. The van der Waals surface area contributed by atoms with Crippen LogP contribution in [0.4, 0.5) is 8.78 Å². The molecule has 0 aromatic carbocycles. The maximum absolute atomic E-state index is 13.6. The smallest absolute Gasteiger partial charge is 0.363 e. The number of rotatable bonds is 2. The third-order valence-electron chi connectivity index (χ3n) is 2.94. The van der Waals surface area contributed by atoms with Gasteiger partial charge in [-0.25, -0.2) is 0 Å². The fraction of sp³-hybridized carbons (Fsp3) is 0.364. The number of alkyl halides is 2. The largest absolute Gasteiger partial charge is 0.364 e. The quantitative estimate of drug-likeness (QED) is 0.870. The second-order valence-electron chi connectivity index (χ2n) is 4.02. The average molecular weight is 261 g/mol. The van der Waals surface area contributed by atoms with E-state index in [1.54, 1.807) is 6.08 Å². The Morgan fingerprint density at radius 1 is 1.53 bits per heavy atom. The molecule has 6 heteroatoms. The predicted octanol–water partition coefficient (Wildman–Crippen LogP) is 2.13. The van der Waals surface area contributed by atoms with Crippen molar-refractivity contribution in [2.75, 3.05) is 0 Å². The lowest BCUT2D eigenvalue weighted by molar-refractivity contribution is -0.144. The third-order valence-corrected chi connectivity index (χ3v) is 3.23. The van der Waals surface area contributed by atoms with Gasteiger partial charge in [0.05, 0.1) is 5.69 Å². The molecule has 1 aromatic rings. The lowest BCUT2D eigenvalue weighted by Crippen LogP contribution is -2.34. The van der Waals surface area contributed by atoms with Crippen molar-refractivity contribution in [2.24, 2.45) is 12.8 Å². The number of amides is 1. The molecular formula is C11H11ClF2N2O. The maximum Gasteiger partial charge on any atom is 0.363 e. The molecule has 2 rings (SSSR count). The van der Waals surface area contributed by atoms with Crippen molar-refractivity contribution in [3.05, 3.63) is 28.0 Å². The highest BCUT2D eigenvalue weighted by atomic mass is 35.5. The number of carbonyl (C=O) groups is 1. The molecule has 1 amide bonds. The van der Waals surface area contributed by atoms with E-state index in [1.165, 1.54) is 17.7 Å². The normalized spacial score (nSPS) is 15.4. The number of hydrogen-bond acceptors (Lipinski definition) is 1. The van der Waals surface area contributed by atoms with Crippen molar-refractivity contribution in [1.82, 2.24) is 4.57 Å². The Morgan fingerprint density at radius 3 is 2.76 bits per heavy atom. The molecule has 92 valence electrons. The van der Waals surface area contributed by atoms with Crippen molar-refractivity contribution in [1.29, 1.82) is 0 Å². The molecule has 17 heavy (non-hydrogen) atoms. The van der Waals surface area contributed by atoms with Gasteiger partial charge in [-0.2, -0.15) is 8.78 Å². The summed E-state index contributed by atoms with van der Waals surface area (Å²) in [6, 6.07) is 1.27. The Labute approximate surface area is 102 Å². The summed E-state index contributed by atoms with van der Waals surface area (Å²) in [5.41, 5.74) is 5.69. The summed E-state index contributed by atoms with van der Waals surface area (Å²) >= 11 is 5.86. The number of nitrogens with two attached hydrogens (primary N) is 1. The summed E-state index contributed by atoms with van der Waals surface area (Å²) < 4.78 is 28.5. The van der Waals surface area contributed by atoms with Crippen LogP contribution in [-0.2, 0) is 24.2 Å². The molecule has 0 atom stereocenters. The highest BCUT2D eigenvalue weighted by molar-refractivity contribution is 6.31. The Balaban J connectivity index is 2.56. The van der Waals surface area contributed by atoms with Gasteiger partial charge in [-0.15, -0.1) is 0 Å². The zero-order valence-corrected chi connectivity index (χ0v) is 9.89. The number of aromatic nitrogens is 1. The molecule has 1 aromatic heterocycles. The van der Waals surface area contributed by atoms with Crippen molar-refractivity contribution < 1.29 is 13.6 Å².